The van der Waals surface area contributed by atoms with Gasteiger partial charge in [-0.25, -0.2) is 14.5 Å². The van der Waals surface area contributed by atoms with Crippen LogP contribution in [0.5, 0.6) is 0 Å². The van der Waals surface area contributed by atoms with Crippen LogP contribution in [0, 0.1) is 6.92 Å². The fraction of sp³-hybridized carbons (Fsp3) is 0.474. The minimum absolute atomic E-state index is 0.00512. The molecule has 6 nitrogen and oxygen atoms in total. The zero-order chi connectivity index (χ0) is 20.8. The molecule has 1 amide bonds. The van der Waals surface area contributed by atoms with Crippen LogP contribution in [0.15, 0.2) is 17.6 Å². The predicted octanol–water partition coefficient (Wildman–Crippen LogP) is 4.10. The van der Waals surface area contributed by atoms with Crippen LogP contribution in [0.3, 0.4) is 0 Å². The number of thiazole rings is 1. The molecule has 0 aromatic carbocycles. The Kier molecular flexibility index (Phi) is 5.05. The van der Waals surface area contributed by atoms with E-state index in [9.17, 15) is 18.0 Å². The third-order valence-electron chi connectivity index (χ3n) is 5.29. The third kappa shape index (κ3) is 3.73. The second kappa shape index (κ2) is 7.40. The molecule has 0 bridgehead atoms. The second-order valence-corrected chi connectivity index (χ2v) is 8.01. The summed E-state index contributed by atoms with van der Waals surface area (Å²) < 4.78 is 41.3. The van der Waals surface area contributed by atoms with Gasteiger partial charge in [0.25, 0.3) is 5.91 Å². The Balaban J connectivity index is 1.56. The lowest BCUT2D eigenvalue weighted by Gasteiger charge is -2.31. The van der Waals surface area contributed by atoms with Crippen molar-refractivity contribution >= 4 is 22.9 Å². The summed E-state index contributed by atoms with van der Waals surface area (Å²) >= 11 is 1.33. The quantitative estimate of drug-likeness (QED) is 0.637. The first kappa shape index (κ1) is 19.8. The Hall–Kier alpha value is -2.49. The van der Waals surface area contributed by atoms with Gasteiger partial charge in [0.1, 0.15) is 10.6 Å². The summed E-state index contributed by atoms with van der Waals surface area (Å²) in [5, 5.41) is 4.23. The predicted molar refractivity (Wildman–Crippen MR) is 102 cm³/mol. The van der Waals surface area contributed by atoms with Gasteiger partial charge in [-0.05, 0) is 32.3 Å². The normalized spacial score (nSPS) is 16.0. The van der Waals surface area contributed by atoms with Crippen molar-refractivity contribution in [2.24, 2.45) is 0 Å². The molecular formula is C19H20F3N5OS. The van der Waals surface area contributed by atoms with E-state index < -0.39 is 11.9 Å². The first-order valence-electron chi connectivity index (χ1n) is 9.44. The van der Waals surface area contributed by atoms with Gasteiger partial charge in [0.15, 0.2) is 5.65 Å². The van der Waals surface area contributed by atoms with Gasteiger partial charge in [0, 0.05) is 30.8 Å². The maximum absolute atomic E-state index is 13.5. The van der Waals surface area contributed by atoms with Crippen molar-refractivity contribution in [1.82, 2.24) is 24.5 Å². The first-order chi connectivity index (χ1) is 13.8. The number of fused-ring (bicyclic) bond motifs is 1. The second-order valence-electron chi connectivity index (χ2n) is 7.16. The first-order valence-corrected chi connectivity index (χ1v) is 10.3. The molecule has 0 spiro atoms. The van der Waals surface area contributed by atoms with E-state index in [0.717, 1.165) is 16.3 Å². The van der Waals surface area contributed by atoms with E-state index in [1.807, 2.05) is 6.92 Å². The van der Waals surface area contributed by atoms with E-state index in [2.05, 4.69) is 15.1 Å². The van der Waals surface area contributed by atoms with Gasteiger partial charge in [0.05, 0.1) is 16.9 Å². The Morgan fingerprint density at radius 2 is 2.00 bits per heavy atom. The number of hydrogen-bond donors (Lipinski definition) is 0. The molecule has 3 aromatic rings. The molecule has 154 valence electrons. The molecule has 1 saturated heterocycles. The minimum atomic E-state index is -4.50. The van der Waals surface area contributed by atoms with Gasteiger partial charge in [-0.2, -0.15) is 18.3 Å². The molecule has 0 atom stereocenters. The summed E-state index contributed by atoms with van der Waals surface area (Å²) in [6, 6.07) is 2.70. The number of rotatable bonds is 3. The van der Waals surface area contributed by atoms with Crippen LogP contribution in [0.1, 0.15) is 58.1 Å². The average Bonchev–Trinajstić information content (AvgIpc) is 3.31. The number of aromatic nitrogens is 4. The molecule has 3 aromatic heterocycles. The standard InChI is InChI=1S/C19H20F3N5OS/c1-3-13-8-15(19(20,21)22)27-16(24-13)9-14(25-27)12-4-6-26(7-5-12)18(28)17-11(2)23-10-29-17/h8-10,12H,3-7H2,1-2H3. The molecule has 0 saturated carbocycles. The van der Waals surface area contributed by atoms with Gasteiger partial charge in [0.2, 0.25) is 0 Å². The van der Waals surface area contributed by atoms with Crippen molar-refractivity contribution in [2.75, 3.05) is 13.1 Å². The lowest BCUT2D eigenvalue weighted by Crippen LogP contribution is -2.37. The van der Waals surface area contributed by atoms with Crippen molar-refractivity contribution in [3.8, 4) is 0 Å². The number of alkyl halides is 3. The summed E-state index contributed by atoms with van der Waals surface area (Å²) in [4.78, 5) is 23.5. The van der Waals surface area contributed by atoms with Gasteiger partial charge in [-0.3, -0.25) is 4.79 Å². The van der Waals surface area contributed by atoms with Crippen LogP contribution in [0.25, 0.3) is 5.65 Å². The maximum Gasteiger partial charge on any atom is 0.433 e. The van der Waals surface area contributed by atoms with Crippen molar-refractivity contribution in [2.45, 2.75) is 45.2 Å². The van der Waals surface area contributed by atoms with Crippen LogP contribution in [0.2, 0.25) is 0 Å². The van der Waals surface area contributed by atoms with Gasteiger partial charge in [-0.1, -0.05) is 6.92 Å². The van der Waals surface area contributed by atoms with E-state index in [1.54, 1.807) is 23.4 Å². The summed E-state index contributed by atoms with van der Waals surface area (Å²) in [5.41, 5.74) is 2.76. The molecule has 0 radical (unpaired) electrons. The Bertz CT molecular complexity index is 1050. The highest BCUT2D eigenvalue weighted by Crippen LogP contribution is 2.33. The highest BCUT2D eigenvalue weighted by Gasteiger charge is 2.36. The van der Waals surface area contributed by atoms with Crippen LogP contribution in [-0.2, 0) is 12.6 Å². The zero-order valence-electron chi connectivity index (χ0n) is 16.0. The van der Waals surface area contributed by atoms with Gasteiger partial charge in [-0.15, -0.1) is 11.3 Å². The van der Waals surface area contributed by atoms with E-state index in [-0.39, 0.29) is 17.5 Å². The molecule has 0 aliphatic carbocycles. The summed E-state index contributed by atoms with van der Waals surface area (Å²) in [7, 11) is 0. The lowest BCUT2D eigenvalue weighted by molar-refractivity contribution is -0.142. The topological polar surface area (TPSA) is 63.4 Å². The number of halogens is 3. The molecular weight excluding hydrogens is 403 g/mol. The number of hydrogen-bond acceptors (Lipinski definition) is 5. The Morgan fingerprint density at radius 1 is 1.28 bits per heavy atom. The smallest absolute Gasteiger partial charge is 0.338 e. The van der Waals surface area contributed by atoms with Crippen molar-refractivity contribution < 1.29 is 18.0 Å². The van der Waals surface area contributed by atoms with Crippen LogP contribution >= 0.6 is 11.3 Å². The molecule has 4 rings (SSSR count). The number of carbonyl (C=O) groups excluding carboxylic acids is 1. The monoisotopic (exact) mass is 423 g/mol. The van der Waals surface area contributed by atoms with E-state index in [4.69, 9.17) is 0 Å². The zero-order valence-corrected chi connectivity index (χ0v) is 16.8. The number of aryl methyl sites for hydroxylation is 2. The summed E-state index contributed by atoms with van der Waals surface area (Å²) in [6.07, 6.45) is -2.79. The maximum atomic E-state index is 13.5. The largest absolute Gasteiger partial charge is 0.433 e. The number of nitrogens with zero attached hydrogens (tertiary/aromatic N) is 5. The highest BCUT2D eigenvalue weighted by molar-refractivity contribution is 7.11. The fourth-order valence-corrected chi connectivity index (χ4v) is 4.43. The van der Waals surface area contributed by atoms with Crippen molar-refractivity contribution in [1.29, 1.82) is 0 Å². The lowest BCUT2D eigenvalue weighted by atomic mass is 9.93. The third-order valence-corrected chi connectivity index (χ3v) is 6.21. The summed E-state index contributed by atoms with van der Waals surface area (Å²) in [6.45, 7) is 4.65. The van der Waals surface area contributed by atoms with Crippen molar-refractivity contribution in [3.05, 3.63) is 45.3 Å². The number of piperidine rings is 1. The van der Waals surface area contributed by atoms with E-state index in [0.29, 0.717) is 48.6 Å². The molecule has 29 heavy (non-hydrogen) atoms. The highest BCUT2D eigenvalue weighted by atomic mass is 32.1. The van der Waals surface area contributed by atoms with Gasteiger partial charge < -0.3 is 4.90 Å². The van der Waals surface area contributed by atoms with Crippen LogP contribution < -0.4 is 0 Å². The molecule has 1 aliphatic heterocycles. The van der Waals surface area contributed by atoms with Crippen LogP contribution in [-0.4, -0.2) is 43.5 Å². The van der Waals surface area contributed by atoms with Crippen LogP contribution in [0.4, 0.5) is 13.2 Å². The molecule has 0 unspecified atom stereocenters. The Morgan fingerprint density at radius 3 is 2.59 bits per heavy atom. The average molecular weight is 423 g/mol. The SMILES string of the molecule is CCc1cc(C(F)(F)F)n2nc(C3CCN(C(=O)c4scnc4C)CC3)cc2n1. The van der Waals surface area contributed by atoms with Gasteiger partial charge >= 0.3 is 6.18 Å². The Labute approximate surface area is 169 Å². The fourth-order valence-electron chi connectivity index (χ4n) is 3.66. The van der Waals surface area contributed by atoms with Crippen molar-refractivity contribution in [3.63, 3.8) is 0 Å². The number of amides is 1. The molecule has 4 heterocycles. The number of likely N-dealkylation sites (tertiary alicyclic amines) is 1. The molecule has 10 heteroatoms. The molecule has 1 fully saturated rings. The van der Waals surface area contributed by atoms with E-state index >= 15 is 0 Å². The molecule has 0 N–H and O–H groups in total. The number of carbonyl (C=O) groups is 1. The minimum Gasteiger partial charge on any atom is -0.338 e. The summed E-state index contributed by atoms with van der Waals surface area (Å²) in [5.74, 6) is -0.0402. The molecule has 1 aliphatic rings. The van der Waals surface area contributed by atoms with E-state index in [1.165, 1.54) is 11.3 Å².